The molecule has 0 heterocycles. The normalized spacial score (nSPS) is 15.8. The van der Waals surface area contributed by atoms with Crippen LogP contribution in [0.1, 0.15) is 40.0 Å². The Morgan fingerprint density at radius 2 is 1.88 bits per heavy atom. The SMILES string of the molecule is COCCCC(N)CN(C)C(C)CC(C)C. The Morgan fingerprint density at radius 3 is 2.38 bits per heavy atom. The van der Waals surface area contributed by atoms with Gasteiger partial charge in [0.05, 0.1) is 0 Å². The van der Waals surface area contributed by atoms with Crippen LogP contribution in [0.15, 0.2) is 0 Å². The molecule has 2 N–H and O–H groups in total. The molecular weight excluding hydrogens is 200 g/mol. The van der Waals surface area contributed by atoms with Crippen molar-refractivity contribution in [2.45, 2.75) is 52.1 Å². The van der Waals surface area contributed by atoms with E-state index >= 15 is 0 Å². The van der Waals surface area contributed by atoms with Gasteiger partial charge in [-0.3, -0.25) is 0 Å². The lowest BCUT2D eigenvalue weighted by Crippen LogP contribution is -2.40. The van der Waals surface area contributed by atoms with Gasteiger partial charge in [-0.1, -0.05) is 13.8 Å². The zero-order valence-corrected chi connectivity index (χ0v) is 11.7. The second-order valence-electron chi connectivity index (χ2n) is 5.31. The molecule has 0 aliphatic carbocycles. The van der Waals surface area contributed by atoms with Crippen LogP contribution < -0.4 is 5.73 Å². The van der Waals surface area contributed by atoms with Crippen LogP contribution in [0, 0.1) is 5.92 Å². The summed E-state index contributed by atoms with van der Waals surface area (Å²) in [6.45, 7) is 8.62. The predicted molar refractivity (Wildman–Crippen MR) is 70.6 cm³/mol. The number of rotatable bonds is 9. The first-order valence-corrected chi connectivity index (χ1v) is 6.42. The highest BCUT2D eigenvalue weighted by atomic mass is 16.5. The smallest absolute Gasteiger partial charge is 0.0462 e. The summed E-state index contributed by atoms with van der Waals surface area (Å²) < 4.78 is 5.03. The third kappa shape index (κ3) is 8.08. The third-order valence-electron chi connectivity index (χ3n) is 3.01. The molecule has 0 rings (SSSR count). The standard InChI is InChI=1S/C13H30N2O/c1-11(2)9-12(3)15(4)10-13(14)7-6-8-16-5/h11-13H,6-10,14H2,1-5H3. The van der Waals surface area contributed by atoms with E-state index < -0.39 is 0 Å². The Morgan fingerprint density at radius 1 is 1.25 bits per heavy atom. The number of nitrogens with zero attached hydrogens (tertiary/aromatic N) is 1. The number of hydrogen-bond acceptors (Lipinski definition) is 3. The van der Waals surface area contributed by atoms with Crippen molar-refractivity contribution in [1.29, 1.82) is 0 Å². The lowest BCUT2D eigenvalue weighted by atomic mass is 10.0. The summed E-state index contributed by atoms with van der Waals surface area (Å²) in [7, 11) is 3.91. The summed E-state index contributed by atoms with van der Waals surface area (Å²) in [6, 6.07) is 0.892. The fourth-order valence-corrected chi connectivity index (χ4v) is 1.99. The minimum Gasteiger partial charge on any atom is -0.385 e. The first-order chi connectivity index (χ1) is 7.47. The van der Waals surface area contributed by atoms with Gasteiger partial charge in [-0.25, -0.2) is 0 Å². The van der Waals surface area contributed by atoms with E-state index in [-0.39, 0.29) is 6.04 Å². The molecule has 2 atom stereocenters. The van der Waals surface area contributed by atoms with Gasteiger partial charge in [0, 0.05) is 32.3 Å². The maximum atomic E-state index is 6.09. The molecule has 0 aromatic rings. The van der Waals surface area contributed by atoms with E-state index in [1.54, 1.807) is 7.11 Å². The molecule has 0 bridgehead atoms. The van der Waals surface area contributed by atoms with Crippen molar-refractivity contribution in [2.24, 2.45) is 11.7 Å². The topological polar surface area (TPSA) is 38.5 Å². The van der Waals surface area contributed by atoms with Crippen molar-refractivity contribution in [3.05, 3.63) is 0 Å². The Kier molecular flexibility index (Phi) is 8.90. The average Bonchev–Trinajstić information content (AvgIpc) is 2.16. The number of nitrogens with two attached hydrogens (primary N) is 1. The fraction of sp³-hybridized carbons (Fsp3) is 1.00. The van der Waals surface area contributed by atoms with E-state index in [2.05, 4.69) is 32.7 Å². The van der Waals surface area contributed by atoms with Crippen LogP contribution in [0.2, 0.25) is 0 Å². The van der Waals surface area contributed by atoms with Crippen molar-refractivity contribution in [2.75, 3.05) is 27.3 Å². The fourth-order valence-electron chi connectivity index (χ4n) is 1.99. The minimum atomic E-state index is 0.273. The van der Waals surface area contributed by atoms with E-state index in [0.29, 0.717) is 6.04 Å². The van der Waals surface area contributed by atoms with Gasteiger partial charge in [0.25, 0.3) is 0 Å². The van der Waals surface area contributed by atoms with Crippen LogP contribution in [0.5, 0.6) is 0 Å². The number of hydrogen-bond donors (Lipinski definition) is 1. The molecule has 0 aliphatic heterocycles. The van der Waals surface area contributed by atoms with Gasteiger partial charge in [0.2, 0.25) is 0 Å². The molecule has 0 spiro atoms. The van der Waals surface area contributed by atoms with Crippen molar-refractivity contribution < 1.29 is 4.74 Å². The molecular formula is C13H30N2O. The van der Waals surface area contributed by atoms with E-state index in [0.717, 1.165) is 31.9 Å². The maximum absolute atomic E-state index is 6.09. The Hall–Kier alpha value is -0.120. The summed E-state index contributed by atoms with van der Waals surface area (Å²) in [4.78, 5) is 2.37. The zero-order valence-electron chi connectivity index (χ0n) is 11.7. The summed E-state index contributed by atoms with van der Waals surface area (Å²) in [5.41, 5.74) is 6.09. The zero-order chi connectivity index (χ0) is 12.6. The van der Waals surface area contributed by atoms with E-state index in [9.17, 15) is 0 Å². The van der Waals surface area contributed by atoms with Gasteiger partial charge >= 0.3 is 0 Å². The molecule has 0 saturated carbocycles. The molecule has 3 nitrogen and oxygen atoms in total. The summed E-state index contributed by atoms with van der Waals surface area (Å²) in [5, 5.41) is 0. The van der Waals surface area contributed by atoms with Crippen LogP contribution in [0.3, 0.4) is 0 Å². The van der Waals surface area contributed by atoms with Crippen LogP contribution in [-0.2, 0) is 4.74 Å². The second kappa shape index (κ2) is 8.97. The van der Waals surface area contributed by atoms with Gasteiger partial charge in [-0.2, -0.15) is 0 Å². The largest absolute Gasteiger partial charge is 0.385 e. The first kappa shape index (κ1) is 15.9. The lowest BCUT2D eigenvalue weighted by Gasteiger charge is -2.28. The number of ether oxygens (including phenoxy) is 1. The maximum Gasteiger partial charge on any atom is 0.0462 e. The third-order valence-corrected chi connectivity index (χ3v) is 3.01. The average molecular weight is 230 g/mol. The van der Waals surface area contributed by atoms with Crippen LogP contribution in [-0.4, -0.2) is 44.3 Å². The van der Waals surface area contributed by atoms with Crippen LogP contribution in [0.25, 0.3) is 0 Å². The summed E-state index contributed by atoms with van der Waals surface area (Å²) >= 11 is 0. The van der Waals surface area contributed by atoms with Gasteiger partial charge < -0.3 is 15.4 Å². The Bertz CT molecular complexity index is 162. The van der Waals surface area contributed by atoms with E-state index in [1.165, 1.54) is 6.42 Å². The van der Waals surface area contributed by atoms with Gasteiger partial charge in [0.1, 0.15) is 0 Å². The molecule has 0 saturated heterocycles. The monoisotopic (exact) mass is 230 g/mol. The predicted octanol–water partition coefficient (Wildman–Crippen LogP) is 2.11. The van der Waals surface area contributed by atoms with Crippen molar-refractivity contribution in [3.63, 3.8) is 0 Å². The van der Waals surface area contributed by atoms with Gasteiger partial charge in [-0.05, 0) is 39.2 Å². The van der Waals surface area contributed by atoms with Crippen molar-refractivity contribution in [1.82, 2.24) is 4.90 Å². The molecule has 0 fully saturated rings. The second-order valence-corrected chi connectivity index (χ2v) is 5.31. The summed E-state index contributed by atoms with van der Waals surface area (Å²) in [6.07, 6.45) is 3.35. The Labute approximate surface area is 101 Å². The molecule has 16 heavy (non-hydrogen) atoms. The van der Waals surface area contributed by atoms with Gasteiger partial charge in [0.15, 0.2) is 0 Å². The molecule has 0 amide bonds. The van der Waals surface area contributed by atoms with Gasteiger partial charge in [-0.15, -0.1) is 0 Å². The van der Waals surface area contributed by atoms with Crippen LogP contribution >= 0.6 is 0 Å². The minimum absolute atomic E-state index is 0.273. The van der Waals surface area contributed by atoms with Crippen molar-refractivity contribution >= 4 is 0 Å². The molecule has 3 heteroatoms. The molecule has 0 aliphatic rings. The number of likely N-dealkylation sites (N-methyl/N-ethyl adjacent to an activating group) is 1. The van der Waals surface area contributed by atoms with Crippen LogP contribution in [0.4, 0.5) is 0 Å². The first-order valence-electron chi connectivity index (χ1n) is 6.42. The number of methoxy groups -OCH3 is 1. The quantitative estimate of drug-likeness (QED) is 0.617. The highest BCUT2D eigenvalue weighted by Gasteiger charge is 2.13. The summed E-state index contributed by atoms with van der Waals surface area (Å²) in [5.74, 6) is 0.752. The lowest BCUT2D eigenvalue weighted by molar-refractivity contribution is 0.180. The van der Waals surface area contributed by atoms with E-state index in [1.807, 2.05) is 0 Å². The van der Waals surface area contributed by atoms with Crippen molar-refractivity contribution in [3.8, 4) is 0 Å². The molecule has 0 aromatic heterocycles. The highest BCUT2D eigenvalue weighted by Crippen LogP contribution is 2.10. The molecule has 0 aromatic carbocycles. The highest BCUT2D eigenvalue weighted by molar-refractivity contribution is 4.71. The Balaban J connectivity index is 3.71. The molecule has 98 valence electrons. The van der Waals surface area contributed by atoms with E-state index in [4.69, 9.17) is 10.5 Å². The molecule has 0 radical (unpaired) electrons. The molecule has 2 unspecified atom stereocenters.